The Morgan fingerprint density at radius 3 is 2.77 bits per heavy atom. The molecule has 1 aliphatic carbocycles. The zero-order chi connectivity index (χ0) is 15.6. The minimum absolute atomic E-state index is 0.133. The van der Waals surface area contributed by atoms with Crippen LogP contribution in [0.25, 0.3) is 0 Å². The van der Waals surface area contributed by atoms with E-state index in [1.165, 1.54) is 17.5 Å². The average Bonchev–Trinajstić information content (AvgIpc) is 2.97. The Hall–Kier alpha value is -1.35. The lowest BCUT2D eigenvalue weighted by Crippen LogP contribution is -2.40. The van der Waals surface area contributed by atoms with Crippen molar-refractivity contribution in [1.29, 1.82) is 0 Å². The fourth-order valence-electron chi connectivity index (χ4n) is 4.06. The summed E-state index contributed by atoms with van der Waals surface area (Å²) in [6.07, 6.45) is 7.23. The third-order valence-corrected chi connectivity index (χ3v) is 5.26. The van der Waals surface area contributed by atoms with Crippen LogP contribution < -0.4 is 0 Å². The maximum absolute atomic E-state index is 12.8. The van der Waals surface area contributed by atoms with Gasteiger partial charge in [-0.1, -0.05) is 49.1 Å². The van der Waals surface area contributed by atoms with E-state index in [1.807, 2.05) is 4.90 Å². The van der Waals surface area contributed by atoms with Crippen molar-refractivity contribution in [1.82, 2.24) is 4.90 Å². The van der Waals surface area contributed by atoms with Crippen LogP contribution in [-0.2, 0) is 4.79 Å². The molecule has 2 fully saturated rings. The molecule has 1 saturated heterocycles. The topological polar surface area (TPSA) is 40.5 Å². The van der Waals surface area contributed by atoms with E-state index in [4.69, 9.17) is 0 Å². The molecule has 0 aromatic heterocycles. The highest BCUT2D eigenvalue weighted by Crippen LogP contribution is 2.36. The number of hydrogen-bond donors (Lipinski definition) is 1. The molecule has 3 nitrogen and oxygen atoms in total. The van der Waals surface area contributed by atoms with Crippen LogP contribution in [0.3, 0.4) is 0 Å². The van der Waals surface area contributed by atoms with Gasteiger partial charge in [0.1, 0.15) is 0 Å². The Morgan fingerprint density at radius 2 is 2.05 bits per heavy atom. The molecule has 0 bridgehead atoms. The molecule has 1 unspecified atom stereocenters. The van der Waals surface area contributed by atoms with E-state index in [9.17, 15) is 9.90 Å². The van der Waals surface area contributed by atoms with Gasteiger partial charge in [-0.3, -0.25) is 4.79 Å². The van der Waals surface area contributed by atoms with Gasteiger partial charge in [0.05, 0.1) is 18.1 Å². The van der Waals surface area contributed by atoms with Crippen LogP contribution in [0, 0.1) is 6.92 Å². The normalized spacial score (nSPS) is 24.5. The van der Waals surface area contributed by atoms with Crippen molar-refractivity contribution in [3.05, 3.63) is 35.4 Å². The molecule has 0 radical (unpaired) electrons. The zero-order valence-electron chi connectivity index (χ0n) is 13.6. The first kappa shape index (κ1) is 15.5. The van der Waals surface area contributed by atoms with Gasteiger partial charge >= 0.3 is 0 Å². The molecular formula is C19H27NO2. The molecule has 0 spiro atoms. The van der Waals surface area contributed by atoms with E-state index in [0.29, 0.717) is 6.42 Å². The molecule has 120 valence electrons. The Kier molecular flexibility index (Phi) is 4.53. The Balaban J connectivity index is 1.71. The first-order valence-electron chi connectivity index (χ1n) is 8.66. The van der Waals surface area contributed by atoms with Crippen molar-refractivity contribution in [3.8, 4) is 0 Å². The summed E-state index contributed by atoms with van der Waals surface area (Å²) in [7, 11) is 0. The van der Waals surface area contributed by atoms with Crippen molar-refractivity contribution in [2.24, 2.45) is 0 Å². The SMILES string of the molecule is Cc1cccc(C2CCCN2C(=O)CC2(O)CCCCC2)c1. The number of carbonyl (C=O) groups excluding carboxylic acids is 1. The third-order valence-electron chi connectivity index (χ3n) is 5.26. The Morgan fingerprint density at radius 1 is 1.27 bits per heavy atom. The Bertz CT molecular complexity index is 534. The molecule has 1 N–H and O–H groups in total. The van der Waals surface area contributed by atoms with Gasteiger partial charge in [-0.15, -0.1) is 0 Å². The number of benzene rings is 1. The number of aryl methyl sites for hydroxylation is 1. The highest BCUT2D eigenvalue weighted by atomic mass is 16.3. The van der Waals surface area contributed by atoms with Crippen molar-refractivity contribution in [2.45, 2.75) is 69.9 Å². The van der Waals surface area contributed by atoms with Gasteiger partial charge in [0, 0.05) is 6.54 Å². The van der Waals surface area contributed by atoms with E-state index >= 15 is 0 Å². The number of likely N-dealkylation sites (tertiary alicyclic amines) is 1. The fourth-order valence-corrected chi connectivity index (χ4v) is 4.06. The van der Waals surface area contributed by atoms with E-state index in [1.54, 1.807) is 0 Å². The first-order chi connectivity index (χ1) is 10.6. The van der Waals surface area contributed by atoms with Crippen molar-refractivity contribution in [2.75, 3.05) is 6.54 Å². The molecule has 1 saturated carbocycles. The van der Waals surface area contributed by atoms with Gasteiger partial charge in [-0.25, -0.2) is 0 Å². The summed E-state index contributed by atoms with van der Waals surface area (Å²) < 4.78 is 0. The maximum Gasteiger partial charge on any atom is 0.225 e. The van der Waals surface area contributed by atoms with Crippen molar-refractivity contribution in [3.63, 3.8) is 0 Å². The molecule has 1 aromatic rings. The molecule has 2 aliphatic rings. The molecule has 1 heterocycles. The van der Waals surface area contributed by atoms with E-state index in [-0.39, 0.29) is 11.9 Å². The van der Waals surface area contributed by atoms with E-state index in [0.717, 1.165) is 45.1 Å². The average molecular weight is 301 g/mol. The monoisotopic (exact) mass is 301 g/mol. The van der Waals surface area contributed by atoms with Crippen LogP contribution in [0.15, 0.2) is 24.3 Å². The van der Waals surface area contributed by atoms with Crippen LogP contribution in [0.1, 0.15) is 68.5 Å². The zero-order valence-corrected chi connectivity index (χ0v) is 13.6. The lowest BCUT2D eigenvalue weighted by molar-refractivity contribution is -0.138. The summed E-state index contributed by atoms with van der Waals surface area (Å²) in [6.45, 7) is 2.92. The molecule has 1 aromatic carbocycles. The molecule has 1 atom stereocenters. The minimum Gasteiger partial charge on any atom is -0.389 e. The maximum atomic E-state index is 12.8. The van der Waals surface area contributed by atoms with Gasteiger partial charge in [-0.05, 0) is 38.2 Å². The number of rotatable bonds is 3. The molecular weight excluding hydrogens is 274 g/mol. The second-order valence-corrected chi connectivity index (χ2v) is 7.12. The molecule has 22 heavy (non-hydrogen) atoms. The number of hydrogen-bond acceptors (Lipinski definition) is 2. The number of aliphatic hydroxyl groups is 1. The third kappa shape index (κ3) is 3.35. The molecule has 3 rings (SSSR count). The number of nitrogens with zero attached hydrogens (tertiary/aromatic N) is 1. The second-order valence-electron chi connectivity index (χ2n) is 7.12. The van der Waals surface area contributed by atoms with Gasteiger partial charge in [0.25, 0.3) is 0 Å². The van der Waals surface area contributed by atoms with E-state index < -0.39 is 5.60 Å². The summed E-state index contributed by atoms with van der Waals surface area (Å²) in [4.78, 5) is 14.8. The largest absolute Gasteiger partial charge is 0.389 e. The highest BCUT2D eigenvalue weighted by Gasteiger charge is 2.37. The summed E-state index contributed by atoms with van der Waals surface area (Å²) in [5.41, 5.74) is 1.72. The van der Waals surface area contributed by atoms with Gasteiger partial charge in [0.2, 0.25) is 5.91 Å². The van der Waals surface area contributed by atoms with Gasteiger partial charge in [-0.2, -0.15) is 0 Å². The van der Waals surface area contributed by atoms with Crippen LogP contribution in [-0.4, -0.2) is 28.1 Å². The lowest BCUT2D eigenvalue weighted by Gasteiger charge is -2.34. The van der Waals surface area contributed by atoms with Crippen LogP contribution in [0.5, 0.6) is 0 Å². The predicted octanol–water partition coefficient (Wildman–Crippen LogP) is 3.74. The summed E-state index contributed by atoms with van der Waals surface area (Å²) in [5, 5.41) is 10.7. The van der Waals surface area contributed by atoms with Crippen LogP contribution in [0.2, 0.25) is 0 Å². The lowest BCUT2D eigenvalue weighted by atomic mass is 9.82. The summed E-state index contributed by atoms with van der Waals surface area (Å²) in [5.74, 6) is 0.133. The fraction of sp³-hybridized carbons (Fsp3) is 0.632. The van der Waals surface area contributed by atoms with Crippen LogP contribution in [0.4, 0.5) is 0 Å². The van der Waals surface area contributed by atoms with Gasteiger partial charge in [0.15, 0.2) is 0 Å². The molecule has 1 aliphatic heterocycles. The number of carbonyl (C=O) groups is 1. The standard InChI is InChI=1S/C19H27NO2/c1-15-7-5-8-16(13-15)17-9-6-12-20(17)18(21)14-19(22)10-3-2-4-11-19/h5,7-8,13,17,22H,2-4,6,9-12,14H2,1H3. The van der Waals surface area contributed by atoms with Gasteiger partial charge < -0.3 is 10.0 Å². The van der Waals surface area contributed by atoms with E-state index in [2.05, 4.69) is 31.2 Å². The van der Waals surface area contributed by atoms with Crippen molar-refractivity contribution < 1.29 is 9.90 Å². The summed E-state index contributed by atoms with van der Waals surface area (Å²) in [6, 6.07) is 8.67. The summed E-state index contributed by atoms with van der Waals surface area (Å²) >= 11 is 0. The Labute approximate surface area is 133 Å². The van der Waals surface area contributed by atoms with Crippen molar-refractivity contribution >= 4 is 5.91 Å². The molecule has 3 heteroatoms. The molecule has 1 amide bonds. The second kappa shape index (κ2) is 6.41. The minimum atomic E-state index is -0.755. The number of amides is 1. The highest BCUT2D eigenvalue weighted by molar-refractivity contribution is 5.78. The predicted molar refractivity (Wildman–Crippen MR) is 87.5 cm³/mol. The quantitative estimate of drug-likeness (QED) is 0.924. The first-order valence-corrected chi connectivity index (χ1v) is 8.66. The van der Waals surface area contributed by atoms with Crippen LogP contribution >= 0.6 is 0 Å². The smallest absolute Gasteiger partial charge is 0.225 e.